The van der Waals surface area contributed by atoms with Crippen molar-refractivity contribution in [1.29, 1.82) is 0 Å². The van der Waals surface area contributed by atoms with Gasteiger partial charge < -0.3 is 20.5 Å². The zero-order valence-corrected chi connectivity index (χ0v) is 15.5. The highest BCUT2D eigenvalue weighted by Crippen LogP contribution is 2.43. The summed E-state index contributed by atoms with van der Waals surface area (Å²) in [7, 11) is 0. The molecule has 4 rings (SSSR count). The molecule has 3 N–H and O–H groups in total. The number of hydrogen-bond donors (Lipinski definition) is 2. The summed E-state index contributed by atoms with van der Waals surface area (Å²) in [5.74, 6) is 1.92. The van der Waals surface area contributed by atoms with Crippen LogP contribution in [0, 0.1) is 5.92 Å². The number of amides is 1. The third-order valence-corrected chi connectivity index (χ3v) is 6.48. The minimum Gasteiger partial charge on any atom is -0.454 e. The summed E-state index contributed by atoms with van der Waals surface area (Å²) < 4.78 is 11.0. The molecule has 0 spiro atoms. The molecule has 2 fully saturated rings. The fourth-order valence-corrected chi connectivity index (χ4v) is 4.89. The standard InChI is InChI=1S/C21H30N2O3/c22-17-6-4-5-15(11-17)20(24)23-13-21(9-2-1-3-10-21)16-7-8-18-19(12-16)26-14-25-18/h7-8,12,15,17H,1-6,9-11,13-14,22H2,(H,23,24). The first-order chi connectivity index (χ1) is 12.7. The minimum atomic E-state index is 0.00563. The predicted molar refractivity (Wildman–Crippen MR) is 100 cm³/mol. The number of hydrogen-bond acceptors (Lipinski definition) is 4. The maximum atomic E-state index is 12.7. The number of carbonyl (C=O) groups excluding carboxylic acids is 1. The van der Waals surface area contributed by atoms with Gasteiger partial charge in [0.1, 0.15) is 0 Å². The average molecular weight is 358 g/mol. The number of ether oxygens (including phenoxy) is 2. The van der Waals surface area contributed by atoms with Crippen molar-refractivity contribution in [3.63, 3.8) is 0 Å². The van der Waals surface area contributed by atoms with Crippen LogP contribution in [-0.2, 0) is 10.2 Å². The Morgan fingerprint density at radius 2 is 1.92 bits per heavy atom. The highest BCUT2D eigenvalue weighted by Gasteiger charge is 2.36. The molecule has 0 aromatic heterocycles. The van der Waals surface area contributed by atoms with Crippen LogP contribution in [0.15, 0.2) is 18.2 Å². The Morgan fingerprint density at radius 3 is 2.73 bits per heavy atom. The Hall–Kier alpha value is -1.75. The lowest BCUT2D eigenvalue weighted by Gasteiger charge is -2.39. The fraction of sp³-hybridized carbons (Fsp3) is 0.667. The van der Waals surface area contributed by atoms with Crippen LogP contribution in [-0.4, -0.2) is 25.3 Å². The summed E-state index contributed by atoms with van der Waals surface area (Å²) in [6.45, 7) is 1.00. The van der Waals surface area contributed by atoms with Crippen LogP contribution in [0.4, 0.5) is 0 Å². The van der Waals surface area contributed by atoms with E-state index in [9.17, 15) is 4.79 Å². The van der Waals surface area contributed by atoms with Gasteiger partial charge in [-0.15, -0.1) is 0 Å². The van der Waals surface area contributed by atoms with E-state index in [2.05, 4.69) is 17.4 Å². The number of rotatable bonds is 4. The van der Waals surface area contributed by atoms with Crippen LogP contribution in [0.1, 0.15) is 63.4 Å². The van der Waals surface area contributed by atoms with Crippen LogP contribution in [0.2, 0.25) is 0 Å². The van der Waals surface area contributed by atoms with Gasteiger partial charge in [0.15, 0.2) is 11.5 Å². The molecular weight excluding hydrogens is 328 g/mol. The lowest BCUT2D eigenvalue weighted by molar-refractivity contribution is -0.126. The first kappa shape index (κ1) is 17.7. The number of fused-ring (bicyclic) bond motifs is 1. The normalized spacial score (nSPS) is 27.1. The smallest absolute Gasteiger partial charge is 0.231 e. The monoisotopic (exact) mass is 358 g/mol. The second-order valence-corrected chi connectivity index (χ2v) is 8.25. The van der Waals surface area contributed by atoms with Gasteiger partial charge in [0.25, 0.3) is 0 Å². The van der Waals surface area contributed by atoms with Gasteiger partial charge in [-0.3, -0.25) is 4.79 Å². The lowest BCUT2D eigenvalue weighted by atomic mass is 9.69. The molecule has 2 saturated carbocycles. The summed E-state index contributed by atoms with van der Waals surface area (Å²) in [6.07, 6.45) is 9.81. The molecule has 1 amide bonds. The Morgan fingerprint density at radius 1 is 1.12 bits per heavy atom. The van der Waals surface area contributed by atoms with Gasteiger partial charge in [-0.1, -0.05) is 31.7 Å². The molecule has 5 heteroatoms. The fourth-order valence-electron chi connectivity index (χ4n) is 4.89. The topological polar surface area (TPSA) is 73.6 Å². The van der Waals surface area contributed by atoms with Gasteiger partial charge >= 0.3 is 0 Å². The average Bonchev–Trinajstić information content (AvgIpc) is 3.15. The van der Waals surface area contributed by atoms with Gasteiger partial charge in [-0.05, 0) is 49.8 Å². The van der Waals surface area contributed by atoms with E-state index in [1.807, 2.05) is 6.07 Å². The maximum absolute atomic E-state index is 12.7. The van der Waals surface area contributed by atoms with Crippen LogP contribution < -0.4 is 20.5 Å². The van der Waals surface area contributed by atoms with E-state index in [0.29, 0.717) is 13.3 Å². The van der Waals surface area contributed by atoms with E-state index in [4.69, 9.17) is 15.2 Å². The van der Waals surface area contributed by atoms with Crippen molar-refractivity contribution in [3.8, 4) is 11.5 Å². The van der Waals surface area contributed by atoms with E-state index in [-0.39, 0.29) is 23.3 Å². The lowest BCUT2D eigenvalue weighted by Crippen LogP contribution is -2.45. The summed E-state index contributed by atoms with van der Waals surface area (Å²) in [4.78, 5) is 12.7. The molecule has 0 radical (unpaired) electrons. The molecule has 2 atom stereocenters. The van der Waals surface area contributed by atoms with Crippen LogP contribution in [0.25, 0.3) is 0 Å². The van der Waals surface area contributed by atoms with E-state index in [1.165, 1.54) is 24.8 Å². The van der Waals surface area contributed by atoms with Crippen molar-refractivity contribution in [2.75, 3.05) is 13.3 Å². The number of nitrogens with one attached hydrogen (secondary N) is 1. The van der Waals surface area contributed by atoms with Gasteiger partial charge in [0.2, 0.25) is 12.7 Å². The summed E-state index contributed by atoms with van der Waals surface area (Å²) in [6, 6.07) is 6.46. The zero-order valence-electron chi connectivity index (χ0n) is 15.5. The Kier molecular flexibility index (Phi) is 5.07. The van der Waals surface area contributed by atoms with Crippen molar-refractivity contribution in [1.82, 2.24) is 5.32 Å². The van der Waals surface area contributed by atoms with Gasteiger partial charge in [0, 0.05) is 23.9 Å². The Labute approximate surface area is 155 Å². The largest absolute Gasteiger partial charge is 0.454 e. The van der Waals surface area contributed by atoms with Gasteiger partial charge in [0.05, 0.1) is 0 Å². The summed E-state index contributed by atoms with van der Waals surface area (Å²) in [5, 5.41) is 3.28. The third kappa shape index (κ3) is 3.54. The SMILES string of the molecule is NC1CCCC(C(=O)NCC2(c3ccc4c(c3)OCO4)CCCCC2)C1. The Bertz CT molecular complexity index is 655. The van der Waals surface area contributed by atoms with E-state index in [1.54, 1.807) is 0 Å². The van der Waals surface area contributed by atoms with Crippen LogP contribution >= 0.6 is 0 Å². The van der Waals surface area contributed by atoms with Crippen molar-refractivity contribution in [2.45, 2.75) is 69.2 Å². The molecule has 26 heavy (non-hydrogen) atoms. The second kappa shape index (κ2) is 7.47. The molecule has 2 unspecified atom stereocenters. The third-order valence-electron chi connectivity index (χ3n) is 6.48. The highest BCUT2D eigenvalue weighted by atomic mass is 16.7. The molecule has 142 valence electrons. The molecule has 0 bridgehead atoms. The molecule has 1 heterocycles. The first-order valence-corrected chi connectivity index (χ1v) is 10.1. The summed E-state index contributed by atoms with van der Waals surface area (Å²) in [5.41, 5.74) is 7.34. The minimum absolute atomic E-state index is 0.00563. The Balaban J connectivity index is 1.49. The van der Waals surface area contributed by atoms with Crippen LogP contribution in [0.5, 0.6) is 11.5 Å². The van der Waals surface area contributed by atoms with Crippen molar-refractivity contribution in [2.24, 2.45) is 11.7 Å². The van der Waals surface area contributed by atoms with E-state index in [0.717, 1.165) is 50.0 Å². The molecule has 2 aliphatic carbocycles. The molecule has 3 aliphatic rings. The van der Waals surface area contributed by atoms with Gasteiger partial charge in [-0.2, -0.15) is 0 Å². The second-order valence-electron chi connectivity index (χ2n) is 8.25. The summed E-state index contributed by atoms with van der Waals surface area (Å²) >= 11 is 0. The molecule has 1 aromatic carbocycles. The molecule has 1 aromatic rings. The zero-order chi connectivity index (χ0) is 18.0. The first-order valence-electron chi connectivity index (χ1n) is 10.1. The predicted octanol–water partition coefficient (Wildman–Crippen LogP) is 3.25. The molecular formula is C21H30N2O3. The van der Waals surface area contributed by atoms with E-state index >= 15 is 0 Å². The highest BCUT2D eigenvalue weighted by molar-refractivity contribution is 5.79. The maximum Gasteiger partial charge on any atom is 0.231 e. The molecule has 0 saturated heterocycles. The number of carbonyl (C=O) groups is 1. The van der Waals surface area contributed by atoms with Gasteiger partial charge in [-0.25, -0.2) is 0 Å². The van der Waals surface area contributed by atoms with Crippen molar-refractivity contribution in [3.05, 3.63) is 23.8 Å². The van der Waals surface area contributed by atoms with Crippen molar-refractivity contribution >= 4 is 5.91 Å². The van der Waals surface area contributed by atoms with Crippen molar-refractivity contribution < 1.29 is 14.3 Å². The number of nitrogens with two attached hydrogens (primary N) is 1. The van der Waals surface area contributed by atoms with E-state index < -0.39 is 0 Å². The molecule has 5 nitrogen and oxygen atoms in total. The van der Waals surface area contributed by atoms with Crippen LogP contribution in [0.3, 0.4) is 0 Å². The number of benzene rings is 1. The molecule has 1 aliphatic heterocycles. The quantitative estimate of drug-likeness (QED) is 0.866.